The minimum atomic E-state index is 0.440. The minimum absolute atomic E-state index is 0.440. The average molecular weight is 346 g/mol. The molecule has 0 aliphatic heterocycles. The molecular weight excluding hydrogens is 324 g/mol. The quantitative estimate of drug-likeness (QED) is 0.697. The number of rotatable bonds is 4. The van der Waals surface area contributed by atoms with Crippen molar-refractivity contribution < 1.29 is 4.52 Å². The lowest BCUT2D eigenvalue weighted by Crippen LogP contribution is -2.09. The van der Waals surface area contributed by atoms with Crippen LogP contribution in [-0.2, 0) is 0 Å². The van der Waals surface area contributed by atoms with Crippen molar-refractivity contribution in [3.05, 3.63) is 82.7 Å². The van der Waals surface area contributed by atoms with Gasteiger partial charge in [-0.2, -0.15) is 0 Å². The van der Waals surface area contributed by atoms with Crippen molar-refractivity contribution in [3.63, 3.8) is 0 Å². The second kappa shape index (κ2) is 6.88. The first-order valence-electron chi connectivity index (χ1n) is 8.29. The van der Waals surface area contributed by atoms with Crippen molar-refractivity contribution in [2.75, 3.05) is 0 Å². The fraction of sp³-hybridized carbons (Fsp3) is 0.143. The van der Waals surface area contributed by atoms with Crippen LogP contribution in [-0.4, -0.2) is 10.1 Å². The van der Waals surface area contributed by atoms with Crippen LogP contribution in [0, 0.1) is 20.8 Å². The summed E-state index contributed by atoms with van der Waals surface area (Å²) in [7, 11) is 0. The zero-order valence-electron chi connectivity index (χ0n) is 15.2. The van der Waals surface area contributed by atoms with Gasteiger partial charge in [-0.05, 0) is 61.8 Å². The fourth-order valence-corrected chi connectivity index (χ4v) is 3.00. The zero-order valence-corrected chi connectivity index (χ0v) is 15.2. The Hall–Kier alpha value is -3.34. The maximum Gasteiger partial charge on any atom is 0.141 e. The molecule has 0 aliphatic carbocycles. The molecule has 0 spiro atoms. The van der Waals surface area contributed by atoms with Gasteiger partial charge in [0.2, 0.25) is 0 Å². The van der Waals surface area contributed by atoms with Crippen LogP contribution < -0.4 is 11.5 Å². The first-order valence-corrected chi connectivity index (χ1v) is 8.29. The van der Waals surface area contributed by atoms with Crippen molar-refractivity contribution >= 4 is 22.6 Å². The highest BCUT2D eigenvalue weighted by Crippen LogP contribution is 2.25. The van der Waals surface area contributed by atoms with Crippen molar-refractivity contribution in [1.82, 2.24) is 10.1 Å². The predicted octanol–water partition coefficient (Wildman–Crippen LogP) is 4.00. The van der Waals surface area contributed by atoms with Gasteiger partial charge in [-0.15, -0.1) is 0 Å². The maximum atomic E-state index is 6.25. The van der Waals surface area contributed by atoms with E-state index in [-0.39, 0.29) is 0 Å². The van der Waals surface area contributed by atoms with Gasteiger partial charge in [0.25, 0.3) is 0 Å². The van der Waals surface area contributed by atoms with E-state index in [4.69, 9.17) is 16.0 Å². The molecule has 0 aliphatic rings. The van der Waals surface area contributed by atoms with E-state index in [0.29, 0.717) is 22.7 Å². The van der Waals surface area contributed by atoms with Gasteiger partial charge in [0, 0.05) is 17.1 Å². The lowest BCUT2D eigenvalue weighted by atomic mass is 10.0. The van der Waals surface area contributed by atoms with Gasteiger partial charge >= 0.3 is 0 Å². The Kier molecular flexibility index (Phi) is 4.63. The summed E-state index contributed by atoms with van der Waals surface area (Å²) in [5.41, 5.74) is 18.7. The molecule has 4 N–H and O–H groups in total. The molecule has 0 saturated carbocycles. The third-order valence-corrected chi connectivity index (χ3v) is 4.36. The van der Waals surface area contributed by atoms with E-state index in [9.17, 15) is 0 Å². The first kappa shape index (κ1) is 17.5. The molecule has 26 heavy (non-hydrogen) atoms. The highest BCUT2D eigenvalue weighted by atomic mass is 16.5. The van der Waals surface area contributed by atoms with E-state index in [0.717, 1.165) is 33.3 Å². The van der Waals surface area contributed by atoms with E-state index >= 15 is 0 Å². The SMILES string of the molecule is C=C(/C=C(N)\C(N)=C\c1c(C)ccc2ncccc12)c1c(C)noc1C. The molecule has 1 aromatic carbocycles. The van der Waals surface area contributed by atoms with Crippen molar-refractivity contribution in [3.8, 4) is 0 Å². The van der Waals surface area contributed by atoms with E-state index in [2.05, 4.69) is 16.7 Å². The standard InChI is InChI=1S/C21H22N4O/c1-12-7-8-20-16(6-5-9-24-20)17(12)11-19(23)18(22)10-13(2)21-14(3)25-26-15(21)4/h5-11H,2,22-23H2,1,3-4H3/b18-10+,19-11-. The lowest BCUT2D eigenvalue weighted by Gasteiger charge is -2.09. The predicted molar refractivity (Wildman–Crippen MR) is 106 cm³/mol. The van der Waals surface area contributed by atoms with Crippen molar-refractivity contribution in [2.24, 2.45) is 11.5 Å². The van der Waals surface area contributed by atoms with Crippen LogP contribution in [0.3, 0.4) is 0 Å². The van der Waals surface area contributed by atoms with E-state index in [1.54, 1.807) is 12.3 Å². The Labute approximate surface area is 152 Å². The smallest absolute Gasteiger partial charge is 0.141 e. The molecule has 132 valence electrons. The lowest BCUT2D eigenvalue weighted by molar-refractivity contribution is 0.393. The fourth-order valence-electron chi connectivity index (χ4n) is 3.00. The Bertz CT molecular complexity index is 1040. The Morgan fingerprint density at radius 1 is 1.12 bits per heavy atom. The highest BCUT2D eigenvalue weighted by molar-refractivity contribution is 5.90. The number of hydrogen-bond donors (Lipinski definition) is 2. The number of benzene rings is 1. The largest absolute Gasteiger partial charge is 0.397 e. The van der Waals surface area contributed by atoms with Crippen LogP contribution in [0.2, 0.25) is 0 Å². The average Bonchev–Trinajstić information content (AvgIpc) is 2.95. The molecule has 0 bridgehead atoms. The van der Waals surface area contributed by atoms with Crippen LogP contribution in [0.15, 0.2) is 59.0 Å². The topological polar surface area (TPSA) is 91.0 Å². The first-order chi connectivity index (χ1) is 12.4. The second-order valence-electron chi connectivity index (χ2n) is 6.29. The molecule has 5 nitrogen and oxygen atoms in total. The number of nitrogens with two attached hydrogens (primary N) is 2. The van der Waals surface area contributed by atoms with Gasteiger partial charge in [0.15, 0.2) is 0 Å². The summed E-state index contributed by atoms with van der Waals surface area (Å²) in [6, 6.07) is 7.96. The van der Waals surface area contributed by atoms with Gasteiger partial charge in [-0.1, -0.05) is 23.9 Å². The summed E-state index contributed by atoms with van der Waals surface area (Å²) in [6.07, 6.45) is 5.40. The summed E-state index contributed by atoms with van der Waals surface area (Å²) < 4.78 is 5.18. The van der Waals surface area contributed by atoms with E-state index in [1.165, 1.54) is 0 Å². The van der Waals surface area contributed by atoms with Gasteiger partial charge in [0.05, 0.1) is 22.6 Å². The molecular formula is C21H22N4O. The molecule has 0 fully saturated rings. The Morgan fingerprint density at radius 2 is 1.88 bits per heavy atom. The highest BCUT2D eigenvalue weighted by Gasteiger charge is 2.12. The second-order valence-corrected chi connectivity index (χ2v) is 6.29. The zero-order chi connectivity index (χ0) is 18.8. The number of aryl methyl sites for hydroxylation is 3. The van der Waals surface area contributed by atoms with E-state index < -0.39 is 0 Å². The molecule has 0 amide bonds. The molecule has 3 aromatic rings. The normalized spacial score (nSPS) is 12.6. The molecule has 0 radical (unpaired) electrons. The minimum Gasteiger partial charge on any atom is -0.397 e. The summed E-state index contributed by atoms with van der Waals surface area (Å²) in [5, 5.41) is 4.98. The number of pyridine rings is 1. The van der Waals surface area contributed by atoms with Gasteiger partial charge < -0.3 is 16.0 Å². The molecule has 0 saturated heterocycles. The number of aromatic nitrogens is 2. The van der Waals surface area contributed by atoms with Crippen LogP contribution >= 0.6 is 0 Å². The van der Waals surface area contributed by atoms with Crippen molar-refractivity contribution in [1.29, 1.82) is 0 Å². The Morgan fingerprint density at radius 3 is 2.58 bits per heavy atom. The van der Waals surface area contributed by atoms with Crippen LogP contribution in [0.25, 0.3) is 22.6 Å². The molecule has 5 heteroatoms. The summed E-state index contributed by atoms with van der Waals surface area (Å²) in [4.78, 5) is 4.39. The van der Waals surface area contributed by atoms with Crippen molar-refractivity contribution in [2.45, 2.75) is 20.8 Å². The molecule has 2 aromatic heterocycles. The van der Waals surface area contributed by atoms with E-state index in [1.807, 2.05) is 51.1 Å². The summed E-state index contributed by atoms with van der Waals surface area (Å²) in [6.45, 7) is 9.81. The van der Waals surface area contributed by atoms with Gasteiger partial charge in [-0.25, -0.2) is 0 Å². The van der Waals surface area contributed by atoms with Gasteiger partial charge in [0.1, 0.15) is 5.76 Å². The monoisotopic (exact) mass is 346 g/mol. The summed E-state index contributed by atoms with van der Waals surface area (Å²) in [5.74, 6) is 0.704. The molecule has 2 heterocycles. The summed E-state index contributed by atoms with van der Waals surface area (Å²) >= 11 is 0. The number of fused-ring (bicyclic) bond motifs is 1. The van der Waals surface area contributed by atoms with Crippen LogP contribution in [0.1, 0.15) is 28.1 Å². The number of nitrogens with zero attached hydrogens (tertiary/aromatic N) is 2. The third kappa shape index (κ3) is 3.24. The number of allylic oxidation sites excluding steroid dienone is 2. The maximum absolute atomic E-state index is 6.25. The Balaban J connectivity index is 2.00. The number of hydrogen-bond acceptors (Lipinski definition) is 5. The van der Waals surface area contributed by atoms with Gasteiger partial charge in [-0.3, -0.25) is 4.98 Å². The molecule has 3 rings (SSSR count). The third-order valence-electron chi connectivity index (χ3n) is 4.36. The van der Waals surface area contributed by atoms with Crippen LogP contribution in [0.4, 0.5) is 0 Å². The molecule has 0 atom stereocenters. The van der Waals surface area contributed by atoms with Crippen LogP contribution in [0.5, 0.6) is 0 Å². The molecule has 0 unspecified atom stereocenters.